The Morgan fingerprint density at radius 3 is 1.77 bits per heavy atom. The van der Waals surface area contributed by atoms with Crippen LogP contribution in [0.3, 0.4) is 0 Å². The molecule has 0 spiro atoms. The van der Waals surface area contributed by atoms with Crippen molar-refractivity contribution in [3.63, 3.8) is 0 Å². The van der Waals surface area contributed by atoms with Crippen LogP contribution in [-0.2, 0) is 9.59 Å². The topological polar surface area (TPSA) is 74.6 Å². The van der Waals surface area contributed by atoms with E-state index in [1.807, 2.05) is 0 Å². The molecule has 5 heteroatoms. The van der Waals surface area contributed by atoms with Gasteiger partial charge in [0.1, 0.15) is 5.25 Å². The monoisotopic (exact) mass is 206 g/mol. The van der Waals surface area contributed by atoms with Crippen molar-refractivity contribution in [2.24, 2.45) is 5.41 Å². The molecular weight excluding hydrogens is 192 g/mol. The van der Waals surface area contributed by atoms with Crippen LogP contribution in [0.1, 0.15) is 26.7 Å². The lowest BCUT2D eigenvalue weighted by molar-refractivity contribution is -0.155. The zero-order chi connectivity index (χ0) is 10.6. The van der Waals surface area contributed by atoms with Crippen molar-refractivity contribution in [1.82, 2.24) is 0 Å². The van der Waals surface area contributed by atoms with Crippen LogP contribution < -0.4 is 0 Å². The normalized spacial score (nSPS) is 13.8. The fraction of sp³-hybridized carbons (Fsp3) is 0.750. The molecular formula is C8H14O4S. The Morgan fingerprint density at radius 2 is 1.69 bits per heavy atom. The average Bonchev–Trinajstić information content (AvgIpc) is 2.06. The summed E-state index contributed by atoms with van der Waals surface area (Å²) in [5.74, 6) is -2.28. The minimum Gasteiger partial charge on any atom is -0.481 e. The zero-order valence-electron chi connectivity index (χ0n) is 7.65. The van der Waals surface area contributed by atoms with Crippen LogP contribution in [0, 0.1) is 5.41 Å². The Hall–Kier alpha value is -0.710. The maximum atomic E-state index is 10.9. The second kappa shape index (κ2) is 4.50. The van der Waals surface area contributed by atoms with E-state index in [1.165, 1.54) is 0 Å². The summed E-state index contributed by atoms with van der Waals surface area (Å²) >= 11 is 3.82. The lowest BCUT2D eigenvalue weighted by Gasteiger charge is -2.29. The summed E-state index contributed by atoms with van der Waals surface area (Å²) in [6.07, 6.45) is 0.526. The minimum atomic E-state index is -1.26. The van der Waals surface area contributed by atoms with Gasteiger partial charge in [0, 0.05) is 0 Å². The molecule has 0 aliphatic rings. The van der Waals surface area contributed by atoms with E-state index in [0.29, 0.717) is 0 Å². The number of carboxylic acid groups (broad SMARTS) is 2. The van der Waals surface area contributed by atoms with Crippen molar-refractivity contribution in [3.8, 4) is 0 Å². The predicted molar refractivity (Wildman–Crippen MR) is 51.1 cm³/mol. The van der Waals surface area contributed by atoms with E-state index in [9.17, 15) is 9.59 Å². The first-order valence-corrected chi connectivity index (χ1v) is 4.58. The molecule has 0 saturated heterocycles. The molecule has 1 atom stereocenters. The van der Waals surface area contributed by atoms with Gasteiger partial charge in [-0.15, -0.1) is 0 Å². The maximum Gasteiger partial charge on any atom is 0.317 e. The van der Waals surface area contributed by atoms with Crippen molar-refractivity contribution in [1.29, 1.82) is 0 Å². The lowest BCUT2D eigenvalue weighted by atomic mass is 9.79. The summed E-state index contributed by atoms with van der Waals surface area (Å²) in [5, 5.41) is 16.5. The number of aliphatic carboxylic acids is 2. The summed E-state index contributed by atoms with van der Waals surface area (Å²) in [6.45, 7) is 3.31. The molecule has 0 aliphatic carbocycles. The van der Waals surface area contributed by atoms with Gasteiger partial charge in [-0.2, -0.15) is 12.6 Å². The molecule has 0 saturated carbocycles. The lowest BCUT2D eigenvalue weighted by Crippen LogP contribution is -2.43. The van der Waals surface area contributed by atoms with Crippen LogP contribution in [0.2, 0.25) is 0 Å². The number of hydrogen-bond acceptors (Lipinski definition) is 3. The second-order valence-corrected chi connectivity index (χ2v) is 3.43. The van der Waals surface area contributed by atoms with E-state index < -0.39 is 22.6 Å². The molecule has 4 nitrogen and oxygen atoms in total. The first-order valence-electron chi connectivity index (χ1n) is 4.06. The van der Waals surface area contributed by atoms with Gasteiger partial charge in [0.25, 0.3) is 0 Å². The molecule has 0 rings (SSSR count). The third-order valence-electron chi connectivity index (χ3n) is 2.45. The van der Waals surface area contributed by atoms with Crippen LogP contribution in [0.4, 0.5) is 0 Å². The summed E-state index contributed by atoms with van der Waals surface area (Å²) < 4.78 is 0. The molecule has 0 radical (unpaired) electrons. The first kappa shape index (κ1) is 12.3. The second-order valence-electron chi connectivity index (χ2n) is 2.91. The third-order valence-corrected chi connectivity index (χ3v) is 3.16. The number of carboxylic acids is 2. The van der Waals surface area contributed by atoms with Gasteiger partial charge in [0.05, 0.1) is 5.41 Å². The zero-order valence-corrected chi connectivity index (χ0v) is 8.54. The van der Waals surface area contributed by atoms with Gasteiger partial charge < -0.3 is 10.2 Å². The van der Waals surface area contributed by atoms with E-state index in [-0.39, 0.29) is 12.8 Å². The van der Waals surface area contributed by atoms with Crippen LogP contribution in [0.15, 0.2) is 0 Å². The Balaban J connectivity index is 4.97. The summed E-state index contributed by atoms with van der Waals surface area (Å²) in [4.78, 5) is 21.5. The van der Waals surface area contributed by atoms with Gasteiger partial charge >= 0.3 is 11.9 Å². The van der Waals surface area contributed by atoms with E-state index in [0.717, 1.165) is 0 Å². The van der Waals surface area contributed by atoms with Crippen LogP contribution in [0.25, 0.3) is 0 Å². The SMILES string of the molecule is CCC(CC)(C(=O)O)C(S)C(=O)O. The minimum absolute atomic E-state index is 0.263. The van der Waals surface area contributed by atoms with Gasteiger partial charge in [0.15, 0.2) is 0 Å². The van der Waals surface area contributed by atoms with E-state index in [2.05, 4.69) is 12.6 Å². The fourth-order valence-electron chi connectivity index (χ4n) is 1.29. The molecule has 0 aromatic heterocycles. The molecule has 0 aliphatic heterocycles. The predicted octanol–water partition coefficient (Wildman–Crippen LogP) is 1.26. The van der Waals surface area contributed by atoms with Crippen molar-refractivity contribution < 1.29 is 19.8 Å². The van der Waals surface area contributed by atoms with E-state index >= 15 is 0 Å². The molecule has 2 N–H and O–H groups in total. The highest BCUT2D eigenvalue weighted by molar-refractivity contribution is 7.81. The van der Waals surface area contributed by atoms with Crippen molar-refractivity contribution >= 4 is 24.6 Å². The van der Waals surface area contributed by atoms with Gasteiger partial charge in [0.2, 0.25) is 0 Å². The molecule has 0 aromatic rings. The largest absolute Gasteiger partial charge is 0.481 e. The highest BCUT2D eigenvalue weighted by Crippen LogP contribution is 2.34. The quantitative estimate of drug-likeness (QED) is 0.592. The number of thiol groups is 1. The highest BCUT2D eigenvalue weighted by Gasteiger charge is 2.44. The molecule has 0 amide bonds. The Morgan fingerprint density at radius 1 is 1.31 bits per heavy atom. The molecule has 0 bridgehead atoms. The summed E-state index contributed by atoms with van der Waals surface area (Å²) in [6, 6.07) is 0. The van der Waals surface area contributed by atoms with Gasteiger partial charge in [-0.05, 0) is 12.8 Å². The third kappa shape index (κ3) is 2.15. The average molecular weight is 206 g/mol. The maximum absolute atomic E-state index is 10.9. The van der Waals surface area contributed by atoms with Crippen molar-refractivity contribution in [3.05, 3.63) is 0 Å². The molecule has 0 heterocycles. The fourth-order valence-corrected chi connectivity index (χ4v) is 1.77. The standard InChI is InChI=1S/C8H14O4S/c1-3-8(4-2,7(11)12)5(13)6(9)10/h5,13H,3-4H2,1-2H3,(H,9,10)(H,11,12). The molecule has 1 unspecified atom stereocenters. The van der Waals surface area contributed by atoms with Gasteiger partial charge in [-0.3, -0.25) is 9.59 Å². The van der Waals surface area contributed by atoms with Crippen molar-refractivity contribution in [2.45, 2.75) is 31.9 Å². The Labute approximate surface area is 82.4 Å². The molecule has 0 aromatic carbocycles. The van der Waals surface area contributed by atoms with Gasteiger partial charge in [-0.25, -0.2) is 0 Å². The number of carbonyl (C=O) groups is 2. The first-order chi connectivity index (χ1) is 5.92. The summed E-state index contributed by atoms with van der Waals surface area (Å²) in [7, 11) is 0. The number of rotatable bonds is 5. The molecule has 76 valence electrons. The van der Waals surface area contributed by atoms with Crippen molar-refractivity contribution in [2.75, 3.05) is 0 Å². The Kier molecular flexibility index (Phi) is 4.26. The smallest absolute Gasteiger partial charge is 0.317 e. The molecule has 13 heavy (non-hydrogen) atoms. The molecule has 0 fully saturated rings. The van der Waals surface area contributed by atoms with E-state index in [1.54, 1.807) is 13.8 Å². The number of hydrogen-bond donors (Lipinski definition) is 3. The van der Waals surface area contributed by atoms with Crippen LogP contribution in [-0.4, -0.2) is 27.4 Å². The van der Waals surface area contributed by atoms with E-state index in [4.69, 9.17) is 10.2 Å². The highest BCUT2D eigenvalue weighted by atomic mass is 32.1. The van der Waals surface area contributed by atoms with Gasteiger partial charge in [-0.1, -0.05) is 13.8 Å². The van der Waals surface area contributed by atoms with Crippen LogP contribution in [0.5, 0.6) is 0 Å². The summed E-state index contributed by atoms with van der Waals surface area (Å²) in [5.41, 5.74) is -1.26. The van der Waals surface area contributed by atoms with Crippen LogP contribution >= 0.6 is 12.6 Å². The Bertz CT molecular complexity index is 210.